The van der Waals surface area contributed by atoms with Gasteiger partial charge in [-0.2, -0.15) is 0 Å². The lowest BCUT2D eigenvalue weighted by Crippen LogP contribution is -2.35. The Labute approximate surface area is 123 Å². The van der Waals surface area contributed by atoms with Crippen molar-refractivity contribution >= 4 is 5.91 Å². The Hall–Kier alpha value is -1.46. The minimum absolute atomic E-state index is 0.00714. The third kappa shape index (κ3) is 2.94. The van der Waals surface area contributed by atoms with Crippen LogP contribution in [0, 0.1) is 17.2 Å². The van der Waals surface area contributed by atoms with E-state index in [1.807, 2.05) is 0 Å². The standard InChI is InChI=1S/C16H21FN2O2/c17-13-4-2-1-3-11(13)14(20)10-19-15(21)12-9-16(12)5-7-18-8-6-16/h1-4,12,14,18,20H,5-10H2,(H,19,21). The number of hydrogen-bond acceptors (Lipinski definition) is 3. The molecule has 1 aliphatic carbocycles. The van der Waals surface area contributed by atoms with E-state index in [1.54, 1.807) is 12.1 Å². The first-order valence-corrected chi connectivity index (χ1v) is 7.53. The van der Waals surface area contributed by atoms with Gasteiger partial charge in [-0.25, -0.2) is 4.39 Å². The number of piperidine rings is 1. The zero-order valence-electron chi connectivity index (χ0n) is 11.9. The fourth-order valence-electron chi connectivity index (χ4n) is 3.37. The topological polar surface area (TPSA) is 61.4 Å². The SMILES string of the molecule is O=C(NCC(O)c1ccccc1F)C1CC12CCNCC2. The maximum absolute atomic E-state index is 13.5. The van der Waals surface area contributed by atoms with Gasteiger partial charge in [0.05, 0.1) is 6.10 Å². The lowest BCUT2D eigenvalue weighted by Gasteiger charge is -2.23. The number of hydrogen-bond donors (Lipinski definition) is 3. The molecule has 0 radical (unpaired) electrons. The van der Waals surface area contributed by atoms with E-state index in [2.05, 4.69) is 10.6 Å². The summed E-state index contributed by atoms with van der Waals surface area (Å²) < 4.78 is 13.5. The molecule has 1 saturated heterocycles. The average Bonchev–Trinajstić information content (AvgIpc) is 3.19. The van der Waals surface area contributed by atoms with E-state index in [0.717, 1.165) is 32.4 Å². The van der Waals surface area contributed by atoms with Crippen molar-refractivity contribution in [2.75, 3.05) is 19.6 Å². The van der Waals surface area contributed by atoms with Crippen LogP contribution in [0.1, 0.15) is 30.9 Å². The van der Waals surface area contributed by atoms with Gasteiger partial charge in [-0.05, 0) is 43.8 Å². The Morgan fingerprint density at radius 3 is 2.86 bits per heavy atom. The van der Waals surface area contributed by atoms with E-state index in [4.69, 9.17) is 0 Å². The van der Waals surface area contributed by atoms with Crippen molar-refractivity contribution in [3.05, 3.63) is 35.6 Å². The fraction of sp³-hybridized carbons (Fsp3) is 0.562. The minimum Gasteiger partial charge on any atom is -0.386 e. The highest BCUT2D eigenvalue weighted by atomic mass is 19.1. The number of aliphatic hydroxyl groups is 1. The van der Waals surface area contributed by atoms with Crippen LogP contribution < -0.4 is 10.6 Å². The van der Waals surface area contributed by atoms with Gasteiger partial charge in [0.1, 0.15) is 5.82 Å². The first-order chi connectivity index (χ1) is 10.1. The monoisotopic (exact) mass is 292 g/mol. The second-order valence-electron chi connectivity index (χ2n) is 6.15. The number of rotatable bonds is 4. The highest BCUT2D eigenvalue weighted by Gasteiger charge is 2.57. The average molecular weight is 292 g/mol. The number of nitrogens with one attached hydrogen (secondary N) is 2. The molecule has 1 aromatic carbocycles. The smallest absolute Gasteiger partial charge is 0.223 e. The maximum atomic E-state index is 13.5. The van der Waals surface area contributed by atoms with E-state index in [0.29, 0.717) is 0 Å². The van der Waals surface area contributed by atoms with Gasteiger partial charge >= 0.3 is 0 Å². The zero-order valence-corrected chi connectivity index (χ0v) is 11.9. The highest BCUT2D eigenvalue weighted by Crippen LogP contribution is 2.58. The van der Waals surface area contributed by atoms with Gasteiger partial charge in [0, 0.05) is 18.0 Å². The van der Waals surface area contributed by atoms with Crippen molar-refractivity contribution in [2.45, 2.75) is 25.4 Å². The summed E-state index contributed by atoms with van der Waals surface area (Å²) in [6.07, 6.45) is 2.02. The second-order valence-corrected chi connectivity index (χ2v) is 6.15. The first-order valence-electron chi connectivity index (χ1n) is 7.53. The number of amides is 1. The molecule has 114 valence electrons. The normalized spacial score (nSPS) is 24.6. The molecule has 2 atom stereocenters. The molecule has 1 aliphatic heterocycles. The summed E-state index contributed by atoms with van der Waals surface area (Å²) in [5, 5.41) is 16.1. The van der Waals surface area contributed by atoms with Crippen molar-refractivity contribution in [1.29, 1.82) is 0 Å². The summed E-state index contributed by atoms with van der Waals surface area (Å²) >= 11 is 0. The van der Waals surface area contributed by atoms with Crippen molar-refractivity contribution in [3.8, 4) is 0 Å². The van der Waals surface area contributed by atoms with Gasteiger partial charge in [-0.3, -0.25) is 4.79 Å². The van der Waals surface area contributed by atoms with E-state index in [1.165, 1.54) is 12.1 Å². The van der Waals surface area contributed by atoms with Crippen LogP contribution in [0.15, 0.2) is 24.3 Å². The number of halogens is 1. The number of carbonyl (C=O) groups excluding carboxylic acids is 1. The van der Waals surface area contributed by atoms with Crippen LogP contribution in [0.25, 0.3) is 0 Å². The summed E-state index contributed by atoms with van der Waals surface area (Å²) in [6, 6.07) is 6.10. The summed E-state index contributed by atoms with van der Waals surface area (Å²) in [5.41, 5.74) is 0.406. The van der Waals surface area contributed by atoms with Crippen molar-refractivity contribution in [3.63, 3.8) is 0 Å². The van der Waals surface area contributed by atoms with E-state index in [9.17, 15) is 14.3 Å². The highest BCUT2D eigenvalue weighted by molar-refractivity contribution is 5.82. The third-order valence-electron chi connectivity index (χ3n) is 4.84. The van der Waals surface area contributed by atoms with E-state index >= 15 is 0 Å². The van der Waals surface area contributed by atoms with Crippen LogP contribution in [-0.4, -0.2) is 30.6 Å². The molecule has 0 aromatic heterocycles. The number of carbonyl (C=O) groups is 1. The molecule has 3 N–H and O–H groups in total. The summed E-state index contributed by atoms with van der Waals surface area (Å²) in [7, 11) is 0. The largest absolute Gasteiger partial charge is 0.386 e. The second kappa shape index (κ2) is 5.73. The van der Waals surface area contributed by atoms with Gasteiger partial charge in [-0.15, -0.1) is 0 Å². The lowest BCUT2D eigenvalue weighted by atomic mass is 9.92. The number of benzene rings is 1. The molecule has 2 fully saturated rings. The van der Waals surface area contributed by atoms with Gasteiger partial charge in [0.2, 0.25) is 5.91 Å². The van der Waals surface area contributed by atoms with Crippen LogP contribution in [0.5, 0.6) is 0 Å². The van der Waals surface area contributed by atoms with E-state index < -0.39 is 11.9 Å². The molecule has 4 nitrogen and oxygen atoms in total. The zero-order chi connectivity index (χ0) is 14.9. The first kappa shape index (κ1) is 14.5. The molecule has 1 amide bonds. The molecule has 0 bridgehead atoms. The van der Waals surface area contributed by atoms with E-state index in [-0.39, 0.29) is 29.3 Å². The van der Waals surface area contributed by atoms with Gasteiger partial charge < -0.3 is 15.7 Å². The Balaban J connectivity index is 1.52. The molecular weight excluding hydrogens is 271 g/mol. The van der Waals surface area contributed by atoms with Gasteiger partial charge in [0.25, 0.3) is 0 Å². The third-order valence-corrected chi connectivity index (χ3v) is 4.84. The molecule has 1 heterocycles. The van der Waals surface area contributed by atoms with Gasteiger partial charge in [-0.1, -0.05) is 18.2 Å². The predicted molar refractivity (Wildman–Crippen MR) is 77.0 cm³/mol. The Bertz CT molecular complexity index is 529. The number of aliphatic hydroxyl groups excluding tert-OH is 1. The van der Waals surface area contributed by atoms with Crippen LogP contribution in [-0.2, 0) is 4.79 Å². The molecule has 1 saturated carbocycles. The molecule has 21 heavy (non-hydrogen) atoms. The van der Waals surface area contributed by atoms with Crippen LogP contribution in [0.3, 0.4) is 0 Å². The lowest BCUT2D eigenvalue weighted by molar-refractivity contribution is -0.123. The molecular formula is C16H21FN2O2. The Morgan fingerprint density at radius 1 is 1.43 bits per heavy atom. The summed E-state index contributed by atoms with van der Waals surface area (Å²) in [6.45, 7) is 2.01. The molecule has 1 aromatic rings. The Kier molecular flexibility index (Phi) is 3.95. The maximum Gasteiger partial charge on any atom is 0.223 e. The fourth-order valence-corrected chi connectivity index (χ4v) is 3.37. The summed E-state index contributed by atoms with van der Waals surface area (Å²) in [4.78, 5) is 12.2. The van der Waals surface area contributed by atoms with Crippen LogP contribution in [0.2, 0.25) is 0 Å². The quantitative estimate of drug-likeness (QED) is 0.785. The van der Waals surface area contributed by atoms with Gasteiger partial charge in [0.15, 0.2) is 0 Å². The molecule has 3 rings (SSSR count). The molecule has 2 aliphatic rings. The summed E-state index contributed by atoms with van der Waals surface area (Å²) in [5.74, 6) is -0.389. The Morgan fingerprint density at radius 2 is 2.14 bits per heavy atom. The molecule has 2 unspecified atom stereocenters. The molecule has 5 heteroatoms. The predicted octanol–water partition coefficient (Wildman–Crippen LogP) is 1.36. The van der Waals surface area contributed by atoms with Crippen molar-refractivity contribution < 1.29 is 14.3 Å². The molecule has 1 spiro atoms. The van der Waals surface area contributed by atoms with Crippen molar-refractivity contribution in [2.24, 2.45) is 11.3 Å². The van der Waals surface area contributed by atoms with Crippen LogP contribution in [0.4, 0.5) is 4.39 Å². The van der Waals surface area contributed by atoms with Crippen molar-refractivity contribution in [1.82, 2.24) is 10.6 Å². The minimum atomic E-state index is -1.00. The van der Waals surface area contributed by atoms with Crippen LogP contribution >= 0.6 is 0 Å².